The van der Waals surface area contributed by atoms with Crippen LogP contribution in [0.4, 0.5) is 0 Å². The van der Waals surface area contributed by atoms with Gasteiger partial charge in [-0.2, -0.15) is 0 Å². The third-order valence-electron chi connectivity index (χ3n) is 10.6. The topological polar surface area (TPSA) is 73.8 Å². The van der Waals surface area contributed by atoms with Crippen LogP contribution in [0.1, 0.15) is 70.2 Å². The molecule has 5 aromatic rings. The normalized spacial score (nSPS) is 15.0. The number of benzene rings is 5. The SMILES string of the molecule is ClCCCCOc1c2cccc1Cc1cccc3c1OCCOCCOc1ccccc1OCCOCCOc1c(cccc1Cc1cccc(c1OCCCCCl)C3)C2. The molecule has 5 aromatic carbocycles. The van der Waals surface area contributed by atoms with E-state index in [1.807, 2.05) is 24.3 Å². The van der Waals surface area contributed by atoms with Crippen LogP contribution < -0.4 is 28.4 Å². The number of unbranched alkanes of at least 4 members (excludes halogenated alkanes) is 2. The third kappa shape index (κ3) is 12.0. The monoisotopic (exact) mass is 854 g/mol. The van der Waals surface area contributed by atoms with E-state index >= 15 is 0 Å². The first kappa shape index (κ1) is 43.5. The Hall–Kier alpha value is -4.60. The molecule has 10 heteroatoms. The van der Waals surface area contributed by atoms with Crippen LogP contribution >= 0.6 is 23.2 Å². The Kier molecular flexibility index (Phi) is 17.0. The van der Waals surface area contributed by atoms with E-state index in [0.29, 0.717) is 115 Å². The van der Waals surface area contributed by atoms with Gasteiger partial charge < -0.3 is 37.9 Å². The van der Waals surface area contributed by atoms with Gasteiger partial charge in [0.1, 0.15) is 49.4 Å². The molecule has 0 saturated carbocycles. The number of hydrogen-bond acceptors (Lipinski definition) is 8. The summed E-state index contributed by atoms with van der Waals surface area (Å²) in [7, 11) is 0. The summed E-state index contributed by atoms with van der Waals surface area (Å²) in [6.07, 6.45) is 5.94. The van der Waals surface area contributed by atoms with E-state index in [9.17, 15) is 0 Å². The van der Waals surface area contributed by atoms with Crippen molar-refractivity contribution in [2.75, 3.05) is 77.8 Å². The smallest absolute Gasteiger partial charge is 0.161 e. The zero-order valence-electron chi connectivity index (χ0n) is 34.4. The van der Waals surface area contributed by atoms with Gasteiger partial charge in [-0.15, -0.1) is 23.2 Å². The molecule has 0 amide bonds. The second kappa shape index (κ2) is 23.4. The van der Waals surface area contributed by atoms with Crippen molar-refractivity contribution in [1.82, 2.24) is 0 Å². The largest absolute Gasteiger partial charge is 0.493 e. The third-order valence-corrected chi connectivity index (χ3v) is 11.1. The first-order valence-corrected chi connectivity index (χ1v) is 22.3. The van der Waals surface area contributed by atoms with E-state index in [1.54, 1.807) is 0 Å². The number of para-hydroxylation sites is 6. The van der Waals surface area contributed by atoms with Gasteiger partial charge in [-0.3, -0.25) is 0 Å². The van der Waals surface area contributed by atoms with Gasteiger partial charge in [0.05, 0.1) is 39.6 Å². The Morgan fingerprint density at radius 1 is 0.367 bits per heavy atom. The molecule has 0 radical (unpaired) electrons. The second-order valence-electron chi connectivity index (χ2n) is 14.9. The zero-order valence-corrected chi connectivity index (χ0v) is 35.9. The highest BCUT2D eigenvalue weighted by molar-refractivity contribution is 6.18. The summed E-state index contributed by atoms with van der Waals surface area (Å²) >= 11 is 12.2. The van der Waals surface area contributed by atoms with Gasteiger partial charge in [-0.05, 0) is 82.3 Å². The summed E-state index contributed by atoms with van der Waals surface area (Å²) in [4.78, 5) is 0. The van der Waals surface area contributed by atoms with Crippen LogP contribution in [0, 0.1) is 0 Å². The van der Waals surface area contributed by atoms with Crippen molar-refractivity contribution in [2.45, 2.75) is 51.4 Å². The lowest BCUT2D eigenvalue weighted by atomic mass is 9.91. The molecule has 0 spiro atoms. The highest BCUT2D eigenvalue weighted by Crippen LogP contribution is 2.39. The number of alkyl halides is 2. The van der Waals surface area contributed by atoms with Crippen LogP contribution in [-0.4, -0.2) is 77.8 Å². The van der Waals surface area contributed by atoms with Gasteiger partial charge in [0.25, 0.3) is 0 Å². The fourth-order valence-electron chi connectivity index (χ4n) is 7.69. The zero-order chi connectivity index (χ0) is 41.2. The minimum Gasteiger partial charge on any atom is -0.493 e. The van der Waals surface area contributed by atoms with E-state index < -0.39 is 0 Å². The molecule has 2 heterocycles. The Labute approximate surface area is 364 Å². The Balaban J connectivity index is 1.32. The highest BCUT2D eigenvalue weighted by Gasteiger charge is 2.22. The molecule has 0 atom stereocenters. The number of hydrogen-bond donors (Lipinski definition) is 0. The van der Waals surface area contributed by atoms with Gasteiger partial charge in [-0.25, -0.2) is 0 Å². The highest BCUT2D eigenvalue weighted by atomic mass is 35.5. The first-order chi connectivity index (χ1) is 29.7. The van der Waals surface area contributed by atoms with Gasteiger partial charge >= 0.3 is 0 Å². The maximum absolute atomic E-state index is 6.75. The average molecular weight is 856 g/mol. The molecule has 0 unspecified atom stereocenters. The minimum absolute atomic E-state index is 0.366. The van der Waals surface area contributed by atoms with Gasteiger partial charge in [0.15, 0.2) is 11.5 Å². The summed E-state index contributed by atoms with van der Waals surface area (Å²) in [5.41, 5.74) is 8.63. The van der Waals surface area contributed by atoms with E-state index in [-0.39, 0.29) is 0 Å². The van der Waals surface area contributed by atoms with Gasteiger partial charge in [0, 0.05) is 37.4 Å². The summed E-state index contributed by atoms with van der Waals surface area (Å²) < 4.78 is 51.2. The summed E-state index contributed by atoms with van der Waals surface area (Å²) in [5.74, 6) is 6.01. The molecule has 1 aliphatic carbocycles. The predicted octanol–water partition coefficient (Wildman–Crippen LogP) is 10.4. The maximum atomic E-state index is 6.75. The molecule has 10 bridgehead atoms. The van der Waals surface area contributed by atoms with Crippen LogP contribution in [0.3, 0.4) is 0 Å². The number of ether oxygens (including phenoxy) is 8. The van der Waals surface area contributed by atoms with Crippen molar-refractivity contribution < 1.29 is 37.9 Å². The molecule has 3 aliphatic rings. The number of fused-ring (bicyclic) bond motifs is 12. The van der Waals surface area contributed by atoms with Crippen molar-refractivity contribution in [3.63, 3.8) is 0 Å². The van der Waals surface area contributed by atoms with E-state index in [0.717, 1.165) is 93.2 Å². The quantitative estimate of drug-likeness (QED) is 0.0766. The second-order valence-corrected chi connectivity index (χ2v) is 15.6. The fraction of sp³-hybridized carbons (Fsp3) is 0.400. The Morgan fingerprint density at radius 3 is 1.05 bits per heavy atom. The Morgan fingerprint density at radius 2 is 0.700 bits per heavy atom. The van der Waals surface area contributed by atoms with Crippen LogP contribution in [0.5, 0.6) is 34.5 Å². The number of rotatable bonds is 10. The van der Waals surface area contributed by atoms with E-state index in [2.05, 4.69) is 72.8 Å². The molecule has 2 aliphatic heterocycles. The van der Waals surface area contributed by atoms with Crippen LogP contribution in [0.15, 0.2) is 97.1 Å². The summed E-state index contributed by atoms with van der Waals surface area (Å²) in [6.45, 7) is 4.18. The van der Waals surface area contributed by atoms with Gasteiger partial charge in [-0.1, -0.05) is 84.9 Å². The molecule has 8 nitrogen and oxygen atoms in total. The molecule has 0 saturated heterocycles. The predicted molar refractivity (Wildman–Crippen MR) is 238 cm³/mol. The van der Waals surface area contributed by atoms with Crippen LogP contribution in [0.2, 0.25) is 0 Å². The minimum atomic E-state index is 0.366. The lowest BCUT2D eigenvalue weighted by molar-refractivity contribution is 0.0695. The van der Waals surface area contributed by atoms with Gasteiger partial charge in [0.2, 0.25) is 0 Å². The lowest BCUT2D eigenvalue weighted by Crippen LogP contribution is -2.14. The van der Waals surface area contributed by atoms with E-state index in [4.69, 9.17) is 61.1 Å². The average Bonchev–Trinajstić information content (AvgIpc) is 3.26. The van der Waals surface area contributed by atoms with Crippen molar-refractivity contribution in [1.29, 1.82) is 0 Å². The molecule has 318 valence electrons. The summed E-state index contributed by atoms with van der Waals surface area (Å²) in [5, 5.41) is 0. The molecular formula is C50H56Cl2O8. The summed E-state index contributed by atoms with van der Waals surface area (Å²) in [6, 6.07) is 33.5. The molecule has 0 N–H and O–H groups in total. The van der Waals surface area contributed by atoms with Crippen LogP contribution in [-0.2, 0) is 35.2 Å². The molecule has 0 aromatic heterocycles. The molecule has 60 heavy (non-hydrogen) atoms. The Bertz CT molecular complexity index is 1870. The first-order valence-electron chi connectivity index (χ1n) is 21.3. The van der Waals surface area contributed by atoms with Crippen molar-refractivity contribution in [2.24, 2.45) is 0 Å². The lowest BCUT2D eigenvalue weighted by Gasteiger charge is -2.23. The van der Waals surface area contributed by atoms with Crippen molar-refractivity contribution in [3.05, 3.63) is 142 Å². The van der Waals surface area contributed by atoms with Crippen molar-refractivity contribution >= 4 is 23.2 Å². The maximum Gasteiger partial charge on any atom is 0.161 e. The fourth-order valence-corrected chi connectivity index (χ4v) is 8.07. The van der Waals surface area contributed by atoms with Crippen LogP contribution in [0.25, 0.3) is 0 Å². The van der Waals surface area contributed by atoms with E-state index in [1.165, 1.54) is 0 Å². The molecular weight excluding hydrogens is 799 g/mol. The van der Waals surface area contributed by atoms with Crippen molar-refractivity contribution in [3.8, 4) is 34.5 Å². The molecule has 0 fully saturated rings. The molecule has 8 rings (SSSR count). The number of halogens is 2. The standard InChI is InChI=1S/C50H56Cl2O8/c51-21-3-5-23-57-47-37-11-7-13-39(47)35-43-17-10-18-44-36-40-14-8-12-38(48(40)58-24-6-4-22-52)34-42-16-9-15-41(33-37)49(42)59-31-27-53-25-29-55-45-19-1-2-20-46(45)56-30-26-54-28-32-60-50(43)44/h1-2,7-20H,3-6,21-36H2.